The normalized spacial score (nSPS) is 20.4. The highest BCUT2D eigenvalue weighted by molar-refractivity contribution is 5.78. The number of amides is 1. The maximum absolute atomic E-state index is 14.3. The van der Waals surface area contributed by atoms with Gasteiger partial charge in [-0.25, -0.2) is 4.39 Å². The summed E-state index contributed by atoms with van der Waals surface area (Å²) in [6.45, 7) is 2.71. The molecule has 1 amide bonds. The minimum absolute atomic E-state index is 0.130. The molecule has 2 aliphatic heterocycles. The lowest BCUT2D eigenvalue weighted by molar-refractivity contribution is -0.144. The van der Waals surface area contributed by atoms with E-state index in [9.17, 15) is 19.1 Å². The van der Waals surface area contributed by atoms with Crippen molar-refractivity contribution in [3.8, 4) is 5.75 Å². The monoisotopic (exact) mass is 364 g/mol. The summed E-state index contributed by atoms with van der Waals surface area (Å²) in [6, 6.07) is 3.16. The third-order valence-electron chi connectivity index (χ3n) is 5.40. The fourth-order valence-corrected chi connectivity index (χ4v) is 3.95. The Morgan fingerprint density at radius 3 is 2.65 bits per heavy atom. The zero-order valence-electron chi connectivity index (χ0n) is 15.0. The van der Waals surface area contributed by atoms with Crippen molar-refractivity contribution in [3.63, 3.8) is 0 Å². The molecule has 3 rings (SSSR count). The van der Waals surface area contributed by atoms with Crippen LogP contribution in [0.1, 0.15) is 37.3 Å². The summed E-state index contributed by atoms with van der Waals surface area (Å²) in [5.41, 5.74) is 0.130. The Balaban J connectivity index is 1.67. The Hall–Kier alpha value is -2.15. The van der Waals surface area contributed by atoms with Crippen molar-refractivity contribution in [2.45, 2.75) is 31.7 Å². The predicted molar refractivity (Wildman–Crippen MR) is 93.4 cm³/mol. The predicted octanol–water partition coefficient (Wildman–Crippen LogP) is 2.29. The van der Waals surface area contributed by atoms with Crippen LogP contribution in [0.2, 0.25) is 0 Å². The van der Waals surface area contributed by atoms with Crippen LogP contribution < -0.4 is 4.74 Å². The maximum Gasteiger partial charge on any atom is 0.325 e. The van der Waals surface area contributed by atoms with Gasteiger partial charge in [-0.15, -0.1) is 0 Å². The number of piperidine rings is 1. The molecule has 0 aliphatic carbocycles. The largest absolute Gasteiger partial charge is 0.497 e. The third kappa shape index (κ3) is 3.98. The molecule has 0 radical (unpaired) electrons. The number of aliphatic carboxylic acids is 1. The molecule has 1 aromatic carbocycles. The lowest BCUT2D eigenvalue weighted by Crippen LogP contribution is -2.43. The van der Waals surface area contributed by atoms with Gasteiger partial charge in [0.1, 0.15) is 17.6 Å². The number of benzene rings is 1. The second kappa shape index (κ2) is 8.03. The first-order chi connectivity index (χ1) is 12.5. The summed E-state index contributed by atoms with van der Waals surface area (Å²) in [5, 5.41) is 9.70. The topological polar surface area (TPSA) is 70.1 Å². The molecule has 26 heavy (non-hydrogen) atoms. The van der Waals surface area contributed by atoms with Crippen LogP contribution >= 0.6 is 0 Å². The van der Waals surface area contributed by atoms with E-state index in [1.54, 1.807) is 0 Å². The van der Waals surface area contributed by atoms with Gasteiger partial charge in [0, 0.05) is 25.1 Å². The first-order valence-electron chi connectivity index (χ1n) is 9.07. The van der Waals surface area contributed by atoms with E-state index in [0.29, 0.717) is 31.2 Å². The van der Waals surface area contributed by atoms with E-state index in [0.717, 1.165) is 32.4 Å². The standard InChI is InChI=1S/C19H25FN2O4/c1-26-14-4-5-16(20)15(11-14)18(19(24)25)21-9-6-13(7-10-21)12-22-8-2-3-17(22)23/h4-5,11,13,18H,2-3,6-10,12H2,1H3,(H,24,25). The molecule has 6 nitrogen and oxygen atoms in total. The summed E-state index contributed by atoms with van der Waals surface area (Å²) in [4.78, 5) is 27.4. The number of hydrogen-bond donors (Lipinski definition) is 1. The van der Waals surface area contributed by atoms with Crippen LogP contribution in [-0.4, -0.2) is 60.1 Å². The van der Waals surface area contributed by atoms with Gasteiger partial charge in [-0.1, -0.05) is 0 Å². The number of carboxylic acid groups (broad SMARTS) is 1. The maximum atomic E-state index is 14.3. The van der Waals surface area contributed by atoms with Crippen LogP contribution in [0, 0.1) is 11.7 Å². The number of hydrogen-bond acceptors (Lipinski definition) is 4. The number of carbonyl (C=O) groups excluding carboxylic acids is 1. The quantitative estimate of drug-likeness (QED) is 0.839. The molecular weight excluding hydrogens is 339 g/mol. The van der Waals surface area contributed by atoms with E-state index in [1.807, 2.05) is 9.80 Å². The van der Waals surface area contributed by atoms with Crippen LogP contribution in [0.5, 0.6) is 5.75 Å². The Bertz CT molecular complexity index is 674. The minimum atomic E-state index is -1.06. The summed E-state index contributed by atoms with van der Waals surface area (Å²) >= 11 is 0. The Morgan fingerprint density at radius 1 is 1.35 bits per heavy atom. The van der Waals surface area contributed by atoms with Crippen LogP contribution in [0.25, 0.3) is 0 Å². The van der Waals surface area contributed by atoms with Gasteiger partial charge in [0.2, 0.25) is 5.91 Å². The van der Waals surface area contributed by atoms with Gasteiger partial charge in [0.25, 0.3) is 0 Å². The molecule has 142 valence electrons. The molecule has 2 heterocycles. The molecule has 1 N–H and O–H groups in total. The average molecular weight is 364 g/mol. The Labute approximate surface area is 152 Å². The van der Waals surface area contributed by atoms with Crippen molar-refractivity contribution in [2.75, 3.05) is 33.3 Å². The molecular formula is C19H25FN2O4. The van der Waals surface area contributed by atoms with E-state index in [4.69, 9.17) is 4.74 Å². The van der Waals surface area contributed by atoms with Gasteiger partial charge >= 0.3 is 5.97 Å². The van der Waals surface area contributed by atoms with Gasteiger partial charge in [-0.2, -0.15) is 0 Å². The van der Waals surface area contributed by atoms with E-state index < -0.39 is 17.8 Å². The highest BCUT2D eigenvalue weighted by Gasteiger charge is 2.34. The Kier molecular flexibility index (Phi) is 5.76. The van der Waals surface area contributed by atoms with Crippen molar-refractivity contribution in [1.29, 1.82) is 0 Å². The van der Waals surface area contributed by atoms with Gasteiger partial charge in [-0.05, 0) is 56.5 Å². The molecule has 0 bridgehead atoms. The molecule has 0 aromatic heterocycles. The molecule has 1 unspecified atom stereocenters. The van der Waals surface area contributed by atoms with Gasteiger partial charge in [0.15, 0.2) is 0 Å². The summed E-state index contributed by atoms with van der Waals surface area (Å²) < 4.78 is 19.4. The first-order valence-corrected chi connectivity index (χ1v) is 9.07. The highest BCUT2D eigenvalue weighted by atomic mass is 19.1. The number of nitrogens with zero attached hydrogens (tertiary/aromatic N) is 2. The second-order valence-corrected chi connectivity index (χ2v) is 7.05. The van der Waals surface area contributed by atoms with Gasteiger partial charge in [0.05, 0.1) is 7.11 Å². The van der Waals surface area contributed by atoms with E-state index in [-0.39, 0.29) is 11.5 Å². The number of carbonyl (C=O) groups is 2. The lowest BCUT2D eigenvalue weighted by atomic mass is 9.93. The number of halogens is 1. The van der Waals surface area contributed by atoms with Gasteiger partial charge in [-0.3, -0.25) is 14.5 Å². The molecule has 0 spiro atoms. The third-order valence-corrected chi connectivity index (χ3v) is 5.40. The van der Waals surface area contributed by atoms with Crippen LogP contribution in [0.15, 0.2) is 18.2 Å². The molecule has 2 fully saturated rings. The summed E-state index contributed by atoms with van der Waals surface area (Å²) in [7, 11) is 1.47. The summed E-state index contributed by atoms with van der Waals surface area (Å²) in [5.74, 6) is -0.574. The molecule has 2 aliphatic rings. The number of rotatable bonds is 6. The molecule has 1 aromatic rings. The molecule has 1 atom stereocenters. The van der Waals surface area contributed by atoms with Crippen molar-refractivity contribution in [2.24, 2.45) is 5.92 Å². The van der Waals surface area contributed by atoms with Crippen molar-refractivity contribution in [1.82, 2.24) is 9.80 Å². The van der Waals surface area contributed by atoms with Crippen molar-refractivity contribution >= 4 is 11.9 Å². The minimum Gasteiger partial charge on any atom is -0.497 e. The highest BCUT2D eigenvalue weighted by Crippen LogP contribution is 2.31. The van der Waals surface area contributed by atoms with E-state index >= 15 is 0 Å². The number of ether oxygens (including phenoxy) is 1. The SMILES string of the molecule is COc1ccc(F)c(C(C(=O)O)N2CCC(CN3CCCC3=O)CC2)c1. The molecule has 7 heteroatoms. The lowest BCUT2D eigenvalue weighted by Gasteiger charge is -2.37. The number of methoxy groups -OCH3 is 1. The van der Waals surface area contributed by atoms with E-state index in [1.165, 1.54) is 25.3 Å². The van der Waals surface area contributed by atoms with Crippen molar-refractivity contribution < 1.29 is 23.8 Å². The Morgan fingerprint density at radius 2 is 2.08 bits per heavy atom. The van der Waals surface area contributed by atoms with Crippen LogP contribution in [0.4, 0.5) is 4.39 Å². The second-order valence-electron chi connectivity index (χ2n) is 7.05. The zero-order chi connectivity index (χ0) is 18.7. The molecule has 0 saturated carbocycles. The molecule has 2 saturated heterocycles. The van der Waals surface area contributed by atoms with Gasteiger partial charge < -0.3 is 14.7 Å². The number of carboxylic acids is 1. The van der Waals surface area contributed by atoms with Crippen molar-refractivity contribution in [3.05, 3.63) is 29.6 Å². The number of likely N-dealkylation sites (tertiary alicyclic amines) is 2. The fourth-order valence-electron chi connectivity index (χ4n) is 3.95. The average Bonchev–Trinajstić information content (AvgIpc) is 3.03. The van der Waals surface area contributed by atoms with E-state index in [2.05, 4.69) is 0 Å². The van der Waals surface area contributed by atoms with Crippen LogP contribution in [-0.2, 0) is 9.59 Å². The first kappa shape index (κ1) is 18.6. The zero-order valence-corrected chi connectivity index (χ0v) is 15.0. The van der Waals surface area contributed by atoms with Crippen LogP contribution in [0.3, 0.4) is 0 Å². The smallest absolute Gasteiger partial charge is 0.325 e. The fraction of sp³-hybridized carbons (Fsp3) is 0.579. The summed E-state index contributed by atoms with van der Waals surface area (Å²) in [6.07, 6.45) is 3.17.